The maximum Gasteiger partial charge on any atom is 0.261 e. The van der Waals surface area contributed by atoms with Crippen molar-refractivity contribution in [1.29, 1.82) is 5.26 Å². The molecular weight excluding hydrogens is 510 g/mol. The van der Waals surface area contributed by atoms with Gasteiger partial charge in [-0.05, 0) is 54.1 Å². The number of carbonyl (C=O) groups is 2. The molecule has 1 N–H and O–H groups in total. The highest BCUT2D eigenvalue weighted by molar-refractivity contribution is 5.97. The van der Waals surface area contributed by atoms with E-state index in [9.17, 15) is 9.59 Å². The monoisotopic (exact) mass is 537 g/mol. The third-order valence-corrected chi connectivity index (χ3v) is 5.76. The number of hydrogen-bond donors (Lipinski definition) is 1. The van der Waals surface area contributed by atoms with E-state index in [1.54, 1.807) is 79.9 Å². The van der Waals surface area contributed by atoms with Gasteiger partial charge in [0.1, 0.15) is 23.3 Å². The summed E-state index contributed by atoms with van der Waals surface area (Å²) in [5.74, 6) is 0.648. The first-order valence-electron chi connectivity index (χ1n) is 12.3. The molecule has 1 atom stereocenters. The van der Waals surface area contributed by atoms with Gasteiger partial charge in [0, 0.05) is 24.6 Å². The van der Waals surface area contributed by atoms with Crippen LogP contribution in [0.3, 0.4) is 0 Å². The molecule has 4 rings (SSSR count). The summed E-state index contributed by atoms with van der Waals surface area (Å²) in [6.07, 6.45) is 4.40. The molecule has 0 saturated heterocycles. The molecule has 1 unspecified atom stereocenters. The molecule has 0 radical (unpaired) electrons. The Morgan fingerprint density at radius 3 is 2.42 bits per heavy atom. The van der Waals surface area contributed by atoms with E-state index in [1.807, 2.05) is 12.1 Å². The van der Waals surface area contributed by atoms with Crippen molar-refractivity contribution >= 4 is 17.5 Å². The zero-order valence-corrected chi connectivity index (χ0v) is 21.8. The van der Waals surface area contributed by atoms with Crippen LogP contribution in [0.4, 0.5) is 5.69 Å². The molecule has 0 spiro atoms. The fourth-order valence-electron chi connectivity index (χ4n) is 3.89. The highest BCUT2D eigenvalue weighted by Crippen LogP contribution is 2.26. The molecule has 2 amide bonds. The molecule has 202 valence electrons. The zero-order valence-electron chi connectivity index (χ0n) is 21.8. The number of amides is 2. The van der Waals surface area contributed by atoms with E-state index in [-0.39, 0.29) is 25.5 Å². The van der Waals surface area contributed by atoms with Crippen molar-refractivity contribution in [2.24, 2.45) is 0 Å². The number of nitriles is 1. The van der Waals surface area contributed by atoms with Gasteiger partial charge in [-0.2, -0.15) is 5.26 Å². The maximum absolute atomic E-state index is 13.7. The van der Waals surface area contributed by atoms with Gasteiger partial charge < -0.3 is 24.4 Å². The molecule has 40 heavy (non-hydrogen) atoms. The number of nitrogens with one attached hydrogen (secondary N) is 1. The Morgan fingerprint density at radius 1 is 0.950 bits per heavy atom. The van der Waals surface area contributed by atoms with Crippen molar-refractivity contribution < 1.29 is 23.8 Å². The van der Waals surface area contributed by atoms with E-state index in [1.165, 1.54) is 23.5 Å². The first-order chi connectivity index (χ1) is 19.6. The van der Waals surface area contributed by atoms with E-state index in [0.717, 1.165) is 0 Å². The summed E-state index contributed by atoms with van der Waals surface area (Å²) in [7, 11) is 1.56. The Hall–Kier alpha value is -5.43. The van der Waals surface area contributed by atoms with Gasteiger partial charge in [-0.3, -0.25) is 19.6 Å². The molecule has 0 saturated carbocycles. The molecule has 0 fully saturated rings. The van der Waals surface area contributed by atoms with Crippen LogP contribution in [0.15, 0.2) is 97.5 Å². The van der Waals surface area contributed by atoms with Crippen molar-refractivity contribution in [3.8, 4) is 23.3 Å². The number of para-hydroxylation sites is 1. The third kappa shape index (κ3) is 7.55. The average Bonchev–Trinajstić information content (AvgIpc) is 3.00. The largest absolute Gasteiger partial charge is 0.497 e. The van der Waals surface area contributed by atoms with E-state index >= 15 is 0 Å². The van der Waals surface area contributed by atoms with Crippen molar-refractivity contribution in [3.05, 3.63) is 109 Å². The molecule has 0 aliphatic heterocycles. The minimum atomic E-state index is -1.13. The van der Waals surface area contributed by atoms with Crippen molar-refractivity contribution in [2.45, 2.75) is 12.6 Å². The van der Waals surface area contributed by atoms with Crippen LogP contribution >= 0.6 is 0 Å². The van der Waals surface area contributed by atoms with Crippen molar-refractivity contribution in [3.63, 3.8) is 0 Å². The van der Waals surface area contributed by atoms with Gasteiger partial charge in [0.05, 0.1) is 19.0 Å². The number of anilines is 1. The molecule has 4 aromatic rings. The van der Waals surface area contributed by atoms with Crippen LogP contribution in [-0.4, -0.2) is 47.0 Å². The lowest BCUT2D eigenvalue weighted by atomic mass is 10.1. The lowest BCUT2D eigenvalue weighted by molar-refractivity contribution is -0.141. The Labute approximate surface area is 231 Å². The lowest BCUT2D eigenvalue weighted by Gasteiger charge is -2.30. The summed E-state index contributed by atoms with van der Waals surface area (Å²) in [5, 5.41) is 11.7. The minimum absolute atomic E-state index is 0.0258. The maximum atomic E-state index is 13.7. The van der Waals surface area contributed by atoms with Crippen LogP contribution < -0.4 is 19.5 Å². The van der Waals surface area contributed by atoms with Crippen LogP contribution in [0, 0.1) is 11.3 Å². The number of carbonyl (C=O) groups excluding carboxylic acids is 2. The van der Waals surface area contributed by atoms with E-state index in [2.05, 4.69) is 15.3 Å². The van der Waals surface area contributed by atoms with Gasteiger partial charge in [0.25, 0.3) is 11.8 Å². The molecule has 0 bridgehead atoms. The Morgan fingerprint density at radius 2 is 1.73 bits per heavy atom. The van der Waals surface area contributed by atoms with Gasteiger partial charge in [-0.15, -0.1) is 0 Å². The van der Waals surface area contributed by atoms with E-state index in [0.29, 0.717) is 28.5 Å². The van der Waals surface area contributed by atoms with Crippen LogP contribution in [-0.2, 0) is 16.1 Å². The predicted molar refractivity (Wildman–Crippen MR) is 146 cm³/mol. The minimum Gasteiger partial charge on any atom is -0.497 e. The van der Waals surface area contributed by atoms with Crippen LogP contribution in [0.1, 0.15) is 17.3 Å². The number of nitrogens with zero attached hydrogens (tertiary/aromatic N) is 4. The number of aromatic nitrogens is 2. The third-order valence-electron chi connectivity index (χ3n) is 5.76. The number of methoxy groups -OCH3 is 1. The summed E-state index contributed by atoms with van der Waals surface area (Å²) < 4.78 is 16.4. The number of rotatable bonds is 12. The van der Waals surface area contributed by atoms with Gasteiger partial charge in [-0.1, -0.05) is 30.3 Å². The van der Waals surface area contributed by atoms with Gasteiger partial charge in [0.15, 0.2) is 19.3 Å². The van der Waals surface area contributed by atoms with Gasteiger partial charge >= 0.3 is 0 Å². The number of ether oxygens (including phenoxy) is 3. The highest BCUT2D eigenvalue weighted by atomic mass is 16.5. The Bertz CT molecular complexity index is 1440. The smallest absolute Gasteiger partial charge is 0.261 e. The number of hydrogen-bond acceptors (Lipinski definition) is 8. The van der Waals surface area contributed by atoms with E-state index < -0.39 is 17.9 Å². The van der Waals surface area contributed by atoms with Gasteiger partial charge in [0.2, 0.25) is 0 Å². The molecule has 10 heteroatoms. The highest BCUT2D eigenvalue weighted by Gasteiger charge is 2.33. The summed E-state index contributed by atoms with van der Waals surface area (Å²) in [4.78, 5) is 37.3. The average molecular weight is 538 g/mol. The topological polar surface area (TPSA) is 127 Å². The van der Waals surface area contributed by atoms with Crippen LogP contribution in [0.25, 0.3) is 0 Å². The van der Waals surface area contributed by atoms with Crippen LogP contribution in [0.5, 0.6) is 17.2 Å². The normalized spacial score (nSPS) is 11.0. The number of benzene rings is 3. The summed E-state index contributed by atoms with van der Waals surface area (Å²) in [6.45, 7) is -0.437. The molecular formula is C30H27N5O5. The quantitative estimate of drug-likeness (QED) is 0.285. The lowest BCUT2D eigenvalue weighted by Crippen LogP contribution is -2.43. The predicted octanol–water partition coefficient (Wildman–Crippen LogP) is 4.18. The SMILES string of the molecule is COc1ccc(OCC(=O)N(Cc2cccc(OCC#N)c2)C(C(=O)Nc2ccccc2)c2cnccn2)cc1. The fraction of sp³-hybridized carbons (Fsp3) is 0.167. The molecule has 1 aromatic heterocycles. The van der Waals surface area contributed by atoms with Crippen molar-refractivity contribution in [1.82, 2.24) is 14.9 Å². The Balaban J connectivity index is 1.66. The van der Waals surface area contributed by atoms with E-state index in [4.69, 9.17) is 19.5 Å². The molecule has 1 heterocycles. The fourth-order valence-corrected chi connectivity index (χ4v) is 3.89. The summed E-state index contributed by atoms with van der Waals surface area (Å²) >= 11 is 0. The van der Waals surface area contributed by atoms with Crippen LogP contribution in [0.2, 0.25) is 0 Å². The molecule has 0 aliphatic rings. The second-order valence-corrected chi connectivity index (χ2v) is 8.47. The summed E-state index contributed by atoms with van der Waals surface area (Å²) in [5.41, 5.74) is 1.52. The molecule has 10 nitrogen and oxygen atoms in total. The second kappa shape index (κ2) is 13.9. The zero-order chi connectivity index (χ0) is 28.2. The Kier molecular flexibility index (Phi) is 9.61. The standard InChI is InChI=1S/C30H27N5O5/c1-38-24-10-12-25(13-11-24)40-21-28(36)35(20-22-6-5-9-26(18-22)39-17-14-31)29(27-19-32-15-16-33-27)30(37)34-23-7-3-2-4-8-23/h2-13,15-16,18-19,29H,17,20-21H2,1H3,(H,34,37). The summed E-state index contributed by atoms with van der Waals surface area (Å²) in [6, 6.07) is 23.5. The van der Waals surface area contributed by atoms with Gasteiger partial charge in [-0.25, -0.2) is 0 Å². The molecule has 0 aliphatic carbocycles. The second-order valence-electron chi connectivity index (χ2n) is 8.47. The molecule has 3 aromatic carbocycles. The van der Waals surface area contributed by atoms with Crippen molar-refractivity contribution in [2.75, 3.05) is 25.6 Å². The first kappa shape index (κ1) is 27.6. The first-order valence-corrected chi connectivity index (χ1v) is 12.3.